The van der Waals surface area contributed by atoms with Gasteiger partial charge in [-0.1, -0.05) is 12.1 Å². The lowest BCUT2D eigenvalue weighted by atomic mass is 10.2. The van der Waals surface area contributed by atoms with Gasteiger partial charge < -0.3 is 4.74 Å². The van der Waals surface area contributed by atoms with Gasteiger partial charge in [-0.3, -0.25) is 0 Å². The van der Waals surface area contributed by atoms with Crippen molar-refractivity contribution in [3.05, 3.63) is 33.6 Å². The van der Waals surface area contributed by atoms with Gasteiger partial charge in [0, 0.05) is 5.56 Å². The van der Waals surface area contributed by atoms with E-state index in [-0.39, 0.29) is 0 Å². The number of aromatic nitrogens is 1. The standard InChI is InChI=1S/C10H8BrNOS/c1-13-8-4-2-3-7(5-8)9-10(11)14-6-12-9/h2-6H,1H3. The second-order valence-corrected chi connectivity index (χ2v) is 4.88. The van der Waals surface area contributed by atoms with Crippen molar-refractivity contribution in [1.82, 2.24) is 4.98 Å². The van der Waals surface area contributed by atoms with Crippen molar-refractivity contribution in [1.29, 1.82) is 0 Å². The topological polar surface area (TPSA) is 22.1 Å². The van der Waals surface area contributed by atoms with E-state index < -0.39 is 0 Å². The minimum Gasteiger partial charge on any atom is -0.497 e. The Hall–Kier alpha value is -0.870. The van der Waals surface area contributed by atoms with Crippen LogP contribution in [0.15, 0.2) is 33.6 Å². The number of thiazole rings is 1. The van der Waals surface area contributed by atoms with Crippen LogP contribution >= 0.6 is 27.3 Å². The Bertz CT molecular complexity index is 441. The largest absolute Gasteiger partial charge is 0.497 e. The van der Waals surface area contributed by atoms with E-state index in [9.17, 15) is 0 Å². The van der Waals surface area contributed by atoms with Crippen LogP contribution in [0, 0.1) is 0 Å². The molecule has 72 valence electrons. The highest BCUT2D eigenvalue weighted by Gasteiger charge is 2.06. The van der Waals surface area contributed by atoms with E-state index in [4.69, 9.17) is 4.74 Å². The van der Waals surface area contributed by atoms with Gasteiger partial charge in [0.05, 0.1) is 22.1 Å². The molecule has 1 aromatic carbocycles. The molecule has 0 fully saturated rings. The maximum Gasteiger partial charge on any atom is 0.119 e. The summed E-state index contributed by atoms with van der Waals surface area (Å²) in [5.41, 5.74) is 3.85. The van der Waals surface area contributed by atoms with Crippen LogP contribution in [-0.4, -0.2) is 12.1 Å². The van der Waals surface area contributed by atoms with E-state index in [1.807, 2.05) is 29.8 Å². The third kappa shape index (κ3) is 1.81. The molecule has 0 radical (unpaired) electrons. The molecule has 2 aromatic rings. The first kappa shape index (κ1) is 9.68. The monoisotopic (exact) mass is 269 g/mol. The Kier molecular flexibility index (Phi) is 2.84. The molecule has 0 unspecified atom stereocenters. The van der Waals surface area contributed by atoms with Crippen LogP contribution in [0.4, 0.5) is 0 Å². The summed E-state index contributed by atoms with van der Waals surface area (Å²) in [7, 11) is 1.66. The lowest BCUT2D eigenvalue weighted by Gasteiger charge is -2.01. The van der Waals surface area contributed by atoms with Crippen molar-refractivity contribution in [2.24, 2.45) is 0 Å². The molecule has 0 saturated heterocycles. The Labute approximate surface area is 94.7 Å². The summed E-state index contributed by atoms with van der Waals surface area (Å²) in [5, 5.41) is 0. The van der Waals surface area contributed by atoms with Gasteiger partial charge in [0.1, 0.15) is 5.75 Å². The Morgan fingerprint density at radius 2 is 2.29 bits per heavy atom. The third-order valence-electron chi connectivity index (χ3n) is 1.87. The summed E-state index contributed by atoms with van der Waals surface area (Å²) < 4.78 is 6.20. The maximum absolute atomic E-state index is 5.15. The number of nitrogens with zero attached hydrogens (tertiary/aromatic N) is 1. The summed E-state index contributed by atoms with van der Waals surface area (Å²) in [5.74, 6) is 0.849. The third-order valence-corrected chi connectivity index (χ3v) is 3.41. The van der Waals surface area contributed by atoms with Gasteiger partial charge in [-0.2, -0.15) is 0 Å². The zero-order valence-electron chi connectivity index (χ0n) is 7.53. The highest BCUT2D eigenvalue weighted by Crippen LogP contribution is 2.31. The molecule has 14 heavy (non-hydrogen) atoms. The second-order valence-electron chi connectivity index (χ2n) is 2.71. The van der Waals surface area contributed by atoms with Gasteiger partial charge in [-0.15, -0.1) is 11.3 Å². The van der Waals surface area contributed by atoms with E-state index in [0.29, 0.717) is 0 Å². The fourth-order valence-corrected chi connectivity index (χ4v) is 2.31. The minimum absolute atomic E-state index is 0.849. The molecule has 2 nitrogen and oxygen atoms in total. The number of hydrogen-bond acceptors (Lipinski definition) is 3. The van der Waals surface area contributed by atoms with E-state index in [1.54, 1.807) is 18.4 Å². The summed E-state index contributed by atoms with van der Waals surface area (Å²) in [6.45, 7) is 0. The van der Waals surface area contributed by atoms with Crippen LogP contribution < -0.4 is 4.74 Å². The molecule has 0 saturated carbocycles. The predicted octanol–water partition coefficient (Wildman–Crippen LogP) is 3.58. The van der Waals surface area contributed by atoms with Gasteiger partial charge in [-0.05, 0) is 28.1 Å². The molecule has 0 atom stereocenters. The van der Waals surface area contributed by atoms with Crippen LogP contribution in [0.3, 0.4) is 0 Å². The lowest BCUT2D eigenvalue weighted by molar-refractivity contribution is 0.415. The Morgan fingerprint density at radius 1 is 1.43 bits per heavy atom. The first-order chi connectivity index (χ1) is 6.81. The first-order valence-electron chi connectivity index (χ1n) is 4.04. The quantitative estimate of drug-likeness (QED) is 0.832. The highest BCUT2D eigenvalue weighted by molar-refractivity contribution is 9.11. The van der Waals surface area contributed by atoms with Crippen molar-refractivity contribution >= 4 is 27.3 Å². The van der Waals surface area contributed by atoms with Crippen molar-refractivity contribution < 1.29 is 4.74 Å². The average molecular weight is 270 g/mol. The minimum atomic E-state index is 0.849. The summed E-state index contributed by atoms with van der Waals surface area (Å²) in [6, 6.07) is 7.87. The number of methoxy groups -OCH3 is 1. The second kappa shape index (κ2) is 4.11. The van der Waals surface area contributed by atoms with Gasteiger partial charge in [0.2, 0.25) is 0 Å². The highest BCUT2D eigenvalue weighted by atomic mass is 79.9. The van der Waals surface area contributed by atoms with Gasteiger partial charge >= 0.3 is 0 Å². The molecule has 0 N–H and O–H groups in total. The summed E-state index contributed by atoms with van der Waals surface area (Å²) >= 11 is 5.04. The number of rotatable bonds is 2. The van der Waals surface area contributed by atoms with Gasteiger partial charge in [0.25, 0.3) is 0 Å². The Morgan fingerprint density at radius 3 is 2.93 bits per heavy atom. The van der Waals surface area contributed by atoms with Gasteiger partial charge in [0.15, 0.2) is 0 Å². The number of halogens is 1. The Balaban J connectivity index is 2.47. The normalized spacial score (nSPS) is 10.1. The number of ether oxygens (including phenoxy) is 1. The van der Waals surface area contributed by atoms with Crippen LogP contribution in [-0.2, 0) is 0 Å². The fraction of sp³-hybridized carbons (Fsp3) is 0.100. The molecular weight excluding hydrogens is 262 g/mol. The number of hydrogen-bond donors (Lipinski definition) is 0. The number of benzene rings is 1. The van der Waals surface area contributed by atoms with Crippen LogP contribution in [0.25, 0.3) is 11.3 Å². The van der Waals surface area contributed by atoms with E-state index >= 15 is 0 Å². The van der Waals surface area contributed by atoms with Crippen molar-refractivity contribution in [2.45, 2.75) is 0 Å². The summed E-state index contributed by atoms with van der Waals surface area (Å²) in [4.78, 5) is 4.28. The van der Waals surface area contributed by atoms with Crippen molar-refractivity contribution in [2.75, 3.05) is 7.11 Å². The van der Waals surface area contributed by atoms with Crippen LogP contribution in [0.2, 0.25) is 0 Å². The average Bonchev–Trinajstić information content (AvgIpc) is 2.65. The molecule has 0 amide bonds. The van der Waals surface area contributed by atoms with Crippen molar-refractivity contribution in [3.63, 3.8) is 0 Å². The molecule has 0 aliphatic heterocycles. The van der Waals surface area contributed by atoms with Crippen LogP contribution in [0.1, 0.15) is 0 Å². The molecule has 0 spiro atoms. The SMILES string of the molecule is COc1cccc(-c2ncsc2Br)c1. The van der Waals surface area contributed by atoms with E-state index in [0.717, 1.165) is 20.8 Å². The maximum atomic E-state index is 5.15. The molecule has 4 heteroatoms. The molecule has 0 aliphatic carbocycles. The van der Waals surface area contributed by atoms with E-state index in [1.165, 1.54) is 0 Å². The molecule has 1 heterocycles. The zero-order valence-corrected chi connectivity index (χ0v) is 9.93. The summed E-state index contributed by atoms with van der Waals surface area (Å²) in [6.07, 6.45) is 0. The molecule has 1 aromatic heterocycles. The first-order valence-corrected chi connectivity index (χ1v) is 5.72. The molecule has 2 rings (SSSR count). The zero-order chi connectivity index (χ0) is 9.97. The van der Waals surface area contributed by atoms with Gasteiger partial charge in [-0.25, -0.2) is 4.98 Å². The van der Waals surface area contributed by atoms with E-state index in [2.05, 4.69) is 20.9 Å². The van der Waals surface area contributed by atoms with Crippen molar-refractivity contribution in [3.8, 4) is 17.0 Å². The fourth-order valence-electron chi connectivity index (χ4n) is 1.19. The van der Waals surface area contributed by atoms with Crippen LogP contribution in [0.5, 0.6) is 5.75 Å². The lowest BCUT2D eigenvalue weighted by Crippen LogP contribution is -1.83. The smallest absolute Gasteiger partial charge is 0.119 e. The molecular formula is C10H8BrNOS. The molecule has 0 bridgehead atoms. The predicted molar refractivity (Wildman–Crippen MR) is 61.8 cm³/mol. The molecule has 0 aliphatic rings.